The summed E-state index contributed by atoms with van der Waals surface area (Å²) < 4.78 is 0. The van der Waals surface area contributed by atoms with E-state index in [1.54, 1.807) is 0 Å². The van der Waals surface area contributed by atoms with Gasteiger partial charge in [-0.2, -0.15) is 0 Å². The Labute approximate surface area is 94.4 Å². The van der Waals surface area contributed by atoms with E-state index in [-0.39, 0.29) is 0 Å². The number of nitrogens with zero attached hydrogens (tertiary/aromatic N) is 1. The van der Waals surface area contributed by atoms with Crippen LogP contribution in [0.5, 0.6) is 0 Å². The third kappa shape index (κ3) is 3.18. The topological polar surface area (TPSA) is 15.3 Å². The van der Waals surface area contributed by atoms with Crippen molar-refractivity contribution in [3.63, 3.8) is 0 Å². The van der Waals surface area contributed by atoms with Crippen LogP contribution in [0.2, 0.25) is 0 Å². The lowest BCUT2D eigenvalue weighted by atomic mass is 9.98. The van der Waals surface area contributed by atoms with Gasteiger partial charge in [-0.15, -0.1) is 0 Å². The fraction of sp³-hybridized carbons (Fsp3) is 1.00. The summed E-state index contributed by atoms with van der Waals surface area (Å²) in [7, 11) is 2.08. The summed E-state index contributed by atoms with van der Waals surface area (Å²) in [6.07, 6.45) is 8.67. The van der Waals surface area contributed by atoms with E-state index in [0.29, 0.717) is 0 Å². The van der Waals surface area contributed by atoms with Crippen LogP contribution in [0.15, 0.2) is 0 Å². The molecule has 0 aromatic heterocycles. The van der Waals surface area contributed by atoms with Gasteiger partial charge in [0.25, 0.3) is 0 Å². The van der Waals surface area contributed by atoms with Crippen LogP contribution in [0.25, 0.3) is 0 Å². The largest absolute Gasteiger partial charge is 0.318 e. The average molecular weight is 210 g/mol. The third-order valence-corrected chi connectivity index (χ3v) is 4.05. The van der Waals surface area contributed by atoms with Gasteiger partial charge in [-0.05, 0) is 45.7 Å². The smallest absolute Gasteiger partial charge is 0.0223 e. The molecule has 0 spiro atoms. The van der Waals surface area contributed by atoms with Crippen molar-refractivity contribution in [2.24, 2.45) is 5.92 Å². The van der Waals surface area contributed by atoms with Crippen molar-refractivity contribution in [3.05, 3.63) is 0 Å². The zero-order valence-electron chi connectivity index (χ0n) is 10.3. The Balaban J connectivity index is 1.84. The Bertz CT molecular complexity index is 187. The van der Waals surface area contributed by atoms with Gasteiger partial charge < -0.3 is 5.32 Å². The highest BCUT2D eigenvalue weighted by Gasteiger charge is 2.30. The van der Waals surface area contributed by atoms with Crippen LogP contribution in [0.1, 0.15) is 45.4 Å². The Morgan fingerprint density at radius 1 is 1.27 bits per heavy atom. The molecule has 1 heterocycles. The van der Waals surface area contributed by atoms with E-state index < -0.39 is 0 Å². The molecule has 0 aromatic rings. The van der Waals surface area contributed by atoms with Gasteiger partial charge in [0.2, 0.25) is 0 Å². The minimum absolute atomic E-state index is 0.803. The second-order valence-corrected chi connectivity index (χ2v) is 5.47. The van der Waals surface area contributed by atoms with E-state index in [0.717, 1.165) is 18.0 Å². The lowest BCUT2D eigenvalue weighted by Gasteiger charge is -2.40. The first kappa shape index (κ1) is 11.4. The molecule has 0 amide bonds. The lowest BCUT2D eigenvalue weighted by molar-refractivity contribution is 0.0955. The number of likely N-dealkylation sites (N-methyl/N-ethyl adjacent to an activating group) is 1. The maximum atomic E-state index is 3.35. The van der Waals surface area contributed by atoms with Gasteiger partial charge in [-0.25, -0.2) is 0 Å². The molecular formula is C13H26N2. The molecule has 1 saturated carbocycles. The summed E-state index contributed by atoms with van der Waals surface area (Å²) in [6, 6.07) is 1.62. The van der Waals surface area contributed by atoms with E-state index in [1.165, 1.54) is 51.6 Å². The van der Waals surface area contributed by atoms with Crippen molar-refractivity contribution in [2.75, 3.05) is 20.1 Å². The van der Waals surface area contributed by atoms with Gasteiger partial charge in [0.15, 0.2) is 0 Å². The number of piperidine rings is 1. The minimum Gasteiger partial charge on any atom is -0.318 e. The van der Waals surface area contributed by atoms with Crippen LogP contribution in [0.4, 0.5) is 0 Å². The predicted molar refractivity (Wildman–Crippen MR) is 65.1 cm³/mol. The first-order chi connectivity index (χ1) is 7.31. The molecule has 2 fully saturated rings. The van der Waals surface area contributed by atoms with Crippen molar-refractivity contribution in [3.8, 4) is 0 Å². The standard InChI is InChI=1S/C13H26N2/c1-11(9-12-6-7-12)15-8-4-3-5-13(15)10-14-2/h11-14H,3-10H2,1-2H3. The van der Waals surface area contributed by atoms with Crippen LogP contribution >= 0.6 is 0 Å². The first-order valence-corrected chi connectivity index (χ1v) is 6.71. The molecule has 1 N–H and O–H groups in total. The van der Waals surface area contributed by atoms with Gasteiger partial charge in [0, 0.05) is 18.6 Å². The first-order valence-electron chi connectivity index (χ1n) is 6.71. The molecule has 1 saturated heterocycles. The summed E-state index contributed by atoms with van der Waals surface area (Å²) in [5.41, 5.74) is 0. The number of likely N-dealkylation sites (tertiary alicyclic amines) is 1. The Kier molecular flexibility index (Phi) is 4.04. The predicted octanol–water partition coefficient (Wildman–Crippen LogP) is 2.25. The van der Waals surface area contributed by atoms with Crippen molar-refractivity contribution in [1.29, 1.82) is 0 Å². The molecule has 2 unspecified atom stereocenters. The quantitative estimate of drug-likeness (QED) is 0.749. The van der Waals surface area contributed by atoms with Crippen molar-refractivity contribution in [2.45, 2.75) is 57.5 Å². The van der Waals surface area contributed by atoms with Gasteiger partial charge >= 0.3 is 0 Å². The number of nitrogens with one attached hydrogen (secondary N) is 1. The molecule has 1 aliphatic heterocycles. The van der Waals surface area contributed by atoms with Crippen molar-refractivity contribution < 1.29 is 0 Å². The molecule has 0 bridgehead atoms. The molecule has 15 heavy (non-hydrogen) atoms. The second kappa shape index (κ2) is 5.31. The van der Waals surface area contributed by atoms with E-state index >= 15 is 0 Å². The second-order valence-electron chi connectivity index (χ2n) is 5.47. The molecule has 2 heteroatoms. The fourth-order valence-corrected chi connectivity index (χ4v) is 3.03. The van der Waals surface area contributed by atoms with Crippen LogP contribution in [-0.4, -0.2) is 37.1 Å². The van der Waals surface area contributed by atoms with E-state index in [4.69, 9.17) is 0 Å². The highest BCUT2D eigenvalue weighted by atomic mass is 15.2. The zero-order valence-corrected chi connectivity index (χ0v) is 10.3. The van der Waals surface area contributed by atoms with Crippen molar-refractivity contribution in [1.82, 2.24) is 10.2 Å². The summed E-state index contributed by atoms with van der Waals surface area (Å²) in [6.45, 7) is 4.95. The van der Waals surface area contributed by atoms with Gasteiger partial charge in [-0.1, -0.05) is 19.3 Å². The number of hydrogen-bond donors (Lipinski definition) is 1. The Hall–Kier alpha value is -0.0800. The lowest BCUT2D eigenvalue weighted by Crippen LogP contribution is -2.49. The molecule has 1 aliphatic carbocycles. The van der Waals surface area contributed by atoms with E-state index in [1.807, 2.05) is 0 Å². The van der Waals surface area contributed by atoms with E-state index in [9.17, 15) is 0 Å². The van der Waals surface area contributed by atoms with Crippen LogP contribution in [0, 0.1) is 5.92 Å². The van der Waals surface area contributed by atoms with Gasteiger partial charge in [-0.3, -0.25) is 4.90 Å². The Morgan fingerprint density at radius 2 is 2.07 bits per heavy atom. The molecule has 0 radical (unpaired) electrons. The third-order valence-electron chi connectivity index (χ3n) is 4.05. The maximum absolute atomic E-state index is 3.35. The van der Waals surface area contributed by atoms with Crippen LogP contribution in [0.3, 0.4) is 0 Å². The fourth-order valence-electron chi connectivity index (χ4n) is 3.03. The normalized spacial score (nSPS) is 30.4. The molecule has 2 rings (SSSR count). The zero-order chi connectivity index (χ0) is 10.7. The average Bonchev–Trinajstić information content (AvgIpc) is 3.03. The molecular weight excluding hydrogens is 184 g/mol. The summed E-state index contributed by atoms with van der Waals surface area (Å²) in [4.78, 5) is 2.76. The highest BCUT2D eigenvalue weighted by molar-refractivity contribution is 4.85. The van der Waals surface area contributed by atoms with Crippen molar-refractivity contribution >= 4 is 0 Å². The number of hydrogen-bond acceptors (Lipinski definition) is 2. The van der Waals surface area contributed by atoms with Crippen LogP contribution in [-0.2, 0) is 0 Å². The summed E-state index contributed by atoms with van der Waals surface area (Å²) in [5.74, 6) is 1.07. The van der Waals surface area contributed by atoms with E-state index in [2.05, 4.69) is 24.2 Å². The van der Waals surface area contributed by atoms with Crippen LogP contribution < -0.4 is 5.32 Å². The van der Waals surface area contributed by atoms with Gasteiger partial charge in [0.1, 0.15) is 0 Å². The Morgan fingerprint density at radius 3 is 2.73 bits per heavy atom. The maximum Gasteiger partial charge on any atom is 0.0223 e. The highest BCUT2D eigenvalue weighted by Crippen LogP contribution is 2.35. The molecule has 0 aromatic carbocycles. The SMILES string of the molecule is CNCC1CCCCN1C(C)CC1CC1. The molecule has 2 aliphatic rings. The molecule has 2 nitrogen and oxygen atoms in total. The van der Waals surface area contributed by atoms with Gasteiger partial charge in [0.05, 0.1) is 0 Å². The summed E-state index contributed by atoms with van der Waals surface area (Å²) in [5, 5.41) is 3.35. The summed E-state index contributed by atoms with van der Waals surface area (Å²) >= 11 is 0. The number of rotatable bonds is 5. The molecule has 88 valence electrons. The minimum atomic E-state index is 0.803. The molecule has 2 atom stereocenters. The monoisotopic (exact) mass is 210 g/mol.